The van der Waals surface area contributed by atoms with Gasteiger partial charge < -0.3 is 5.11 Å². The van der Waals surface area contributed by atoms with Crippen molar-refractivity contribution < 1.29 is 26.8 Å². The molecule has 0 saturated carbocycles. The van der Waals surface area contributed by atoms with E-state index in [1.807, 2.05) is 18.2 Å². The van der Waals surface area contributed by atoms with Crippen LogP contribution >= 0.6 is 24.8 Å². The van der Waals surface area contributed by atoms with Gasteiger partial charge >= 0.3 is 0 Å². The predicted octanol–water partition coefficient (Wildman–Crippen LogP) is 4.78. The summed E-state index contributed by atoms with van der Waals surface area (Å²) in [7, 11) is 0. The molecule has 0 amide bonds. The van der Waals surface area contributed by atoms with Crippen LogP contribution in [-0.4, -0.2) is 5.11 Å². The molecule has 2 rings (SSSR count). The zero-order valence-electron chi connectivity index (χ0n) is 12.4. The monoisotopic (exact) mass is 348 g/mol. The molecule has 0 aliphatic heterocycles. The second-order valence-electron chi connectivity index (χ2n) is 4.88. The van der Waals surface area contributed by atoms with Crippen molar-refractivity contribution in [2.75, 3.05) is 0 Å². The van der Waals surface area contributed by atoms with Crippen LogP contribution in [0.15, 0.2) is 41.0 Å². The summed E-state index contributed by atoms with van der Waals surface area (Å²) in [5.41, 5.74) is 7.83. The van der Waals surface area contributed by atoms with Gasteiger partial charge in [-0.3, -0.25) is 0 Å². The van der Waals surface area contributed by atoms with Gasteiger partial charge in [0, 0.05) is 27.6 Å². The van der Waals surface area contributed by atoms with E-state index < -0.39 is 0 Å². The molecule has 0 bridgehead atoms. The van der Waals surface area contributed by atoms with Gasteiger partial charge in [-0.15, -0.1) is 24.8 Å². The first kappa shape index (κ1) is 22.2. The van der Waals surface area contributed by atoms with Gasteiger partial charge in [0.25, 0.3) is 0 Å². The fourth-order valence-electron chi connectivity index (χ4n) is 2.72. The van der Waals surface area contributed by atoms with E-state index >= 15 is 0 Å². The Labute approximate surface area is 149 Å². The normalized spacial score (nSPS) is 17.4. The summed E-state index contributed by atoms with van der Waals surface area (Å²) in [5, 5.41) is 9.45. The van der Waals surface area contributed by atoms with E-state index in [1.54, 1.807) is 0 Å². The number of benzene rings is 1. The Morgan fingerprint density at radius 1 is 1.00 bits per heavy atom. The first-order chi connectivity index (χ1) is 8.07. The van der Waals surface area contributed by atoms with E-state index in [0.29, 0.717) is 5.92 Å². The van der Waals surface area contributed by atoms with Crippen LogP contribution in [0.3, 0.4) is 0 Å². The van der Waals surface area contributed by atoms with Crippen LogP contribution < -0.4 is 0 Å². The predicted molar refractivity (Wildman–Crippen MR) is 87.0 cm³/mol. The molecule has 110 valence electrons. The Kier molecular flexibility index (Phi) is 10.1. The zero-order chi connectivity index (χ0) is 12.6. The summed E-state index contributed by atoms with van der Waals surface area (Å²) >= 11 is 0. The van der Waals surface area contributed by atoms with Crippen molar-refractivity contribution in [3.8, 4) is 0 Å². The van der Waals surface area contributed by atoms with Gasteiger partial charge in [0.2, 0.25) is 0 Å². The molecule has 1 nitrogen and oxygen atoms in total. The maximum absolute atomic E-state index is 9.45. The van der Waals surface area contributed by atoms with Crippen LogP contribution in [0, 0.1) is 5.92 Å². The minimum Gasteiger partial charge on any atom is -0.392 e. The van der Waals surface area contributed by atoms with Gasteiger partial charge in [-0.1, -0.05) is 36.8 Å². The summed E-state index contributed by atoms with van der Waals surface area (Å²) in [5.74, 6) is 0.461. The molecule has 0 saturated heterocycles. The summed E-state index contributed by atoms with van der Waals surface area (Å²) in [6, 6.07) is 8.15. The van der Waals surface area contributed by atoms with Crippen molar-refractivity contribution in [3.63, 3.8) is 0 Å². The standard InChI is InChI=1S/C16H20O.2ClH.Ti/c1-10-11(2)13(4)16(12(10)3)15-8-6-5-7-14(15)9-17;;;/h5-8,12,17H,9H2,1-4H3;2*1H;. The fourth-order valence-corrected chi connectivity index (χ4v) is 2.72. The van der Waals surface area contributed by atoms with Gasteiger partial charge in [-0.2, -0.15) is 0 Å². The largest absolute Gasteiger partial charge is 0.392 e. The minimum absolute atomic E-state index is 0. The third-order valence-corrected chi connectivity index (χ3v) is 4.12. The molecule has 4 heteroatoms. The first-order valence-electron chi connectivity index (χ1n) is 6.15. The molecule has 1 unspecified atom stereocenters. The summed E-state index contributed by atoms with van der Waals surface area (Å²) in [4.78, 5) is 0. The Hall–Kier alpha value is -0.0457. The van der Waals surface area contributed by atoms with Crippen molar-refractivity contribution in [2.45, 2.75) is 34.3 Å². The Balaban J connectivity index is 0. The quantitative estimate of drug-likeness (QED) is 0.762. The van der Waals surface area contributed by atoms with E-state index in [2.05, 4.69) is 33.8 Å². The maximum Gasteiger partial charge on any atom is 0.0687 e. The van der Waals surface area contributed by atoms with Crippen molar-refractivity contribution in [2.24, 2.45) is 5.92 Å². The molecular formula is C16H22Cl2OTi. The summed E-state index contributed by atoms with van der Waals surface area (Å²) < 4.78 is 0. The third kappa shape index (κ3) is 3.78. The molecule has 0 radical (unpaired) electrons. The molecule has 0 aromatic heterocycles. The molecule has 0 spiro atoms. The van der Waals surface area contributed by atoms with E-state index in [0.717, 1.165) is 5.56 Å². The van der Waals surface area contributed by atoms with Gasteiger partial charge in [0.1, 0.15) is 0 Å². The number of halogens is 2. The molecule has 1 aromatic carbocycles. The summed E-state index contributed by atoms with van der Waals surface area (Å²) in [6.07, 6.45) is 0. The van der Waals surface area contributed by atoms with Crippen molar-refractivity contribution in [1.82, 2.24) is 0 Å². The smallest absolute Gasteiger partial charge is 0.0687 e. The van der Waals surface area contributed by atoms with Gasteiger partial charge in [-0.05, 0) is 48.6 Å². The fraction of sp³-hybridized carbons (Fsp3) is 0.375. The number of hydrogen-bond donors (Lipinski definition) is 1. The zero-order valence-corrected chi connectivity index (χ0v) is 15.6. The van der Waals surface area contributed by atoms with Crippen LogP contribution in [0.2, 0.25) is 0 Å². The molecule has 1 aromatic rings. The number of aliphatic hydroxyl groups is 1. The first-order valence-corrected chi connectivity index (χ1v) is 6.15. The third-order valence-electron chi connectivity index (χ3n) is 4.12. The van der Waals surface area contributed by atoms with Crippen LogP contribution in [-0.2, 0) is 28.3 Å². The number of rotatable bonds is 2. The van der Waals surface area contributed by atoms with Crippen LogP contribution in [0.5, 0.6) is 0 Å². The number of allylic oxidation sites excluding steroid dienone is 4. The van der Waals surface area contributed by atoms with E-state index in [9.17, 15) is 5.11 Å². The number of aliphatic hydroxyl groups excluding tert-OH is 1. The Bertz CT molecular complexity index is 521. The molecule has 1 N–H and O–H groups in total. The van der Waals surface area contributed by atoms with Crippen LogP contribution in [0.25, 0.3) is 5.57 Å². The second kappa shape index (κ2) is 9.07. The SMILES string of the molecule is CC1=C(C)C(C)C(c2ccccc2CO)=C1C.Cl.Cl.[Ti]. The topological polar surface area (TPSA) is 20.2 Å². The van der Waals surface area contributed by atoms with E-state index in [1.165, 1.54) is 27.9 Å². The molecule has 0 fully saturated rings. The summed E-state index contributed by atoms with van der Waals surface area (Å²) in [6.45, 7) is 8.94. The van der Waals surface area contributed by atoms with Crippen molar-refractivity contribution >= 4 is 30.4 Å². The minimum atomic E-state index is 0. The van der Waals surface area contributed by atoms with Crippen molar-refractivity contribution in [1.29, 1.82) is 0 Å². The second-order valence-corrected chi connectivity index (χ2v) is 4.88. The molecule has 0 heterocycles. The van der Waals surface area contributed by atoms with Crippen LogP contribution in [0.4, 0.5) is 0 Å². The number of hydrogen-bond acceptors (Lipinski definition) is 1. The average molecular weight is 349 g/mol. The van der Waals surface area contributed by atoms with Gasteiger partial charge in [0.15, 0.2) is 0 Å². The molecule has 1 aliphatic rings. The molecule has 1 atom stereocenters. The Morgan fingerprint density at radius 3 is 2.00 bits per heavy atom. The van der Waals surface area contributed by atoms with E-state index in [-0.39, 0.29) is 53.1 Å². The van der Waals surface area contributed by atoms with Crippen LogP contribution in [0.1, 0.15) is 38.8 Å². The van der Waals surface area contributed by atoms with Crippen molar-refractivity contribution in [3.05, 3.63) is 52.1 Å². The van der Waals surface area contributed by atoms with Gasteiger partial charge in [0.05, 0.1) is 6.61 Å². The molecule has 1 aliphatic carbocycles. The Morgan fingerprint density at radius 2 is 1.55 bits per heavy atom. The van der Waals surface area contributed by atoms with E-state index in [4.69, 9.17) is 0 Å². The average Bonchev–Trinajstić information content (AvgIpc) is 2.54. The molecule has 20 heavy (non-hydrogen) atoms. The maximum atomic E-state index is 9.45. The molecular weight excluding hydrogens is 327 g/mol. The van der Waals surface area contributed by atoms with Gasteiger partial charge in [-0.25, -0.2) is 0 Å².